The van der Waals surface area contributed by atoms with Gasteiger partial charge in [-0.15, -0.1) is 0 Å². The van der Waals surface area contributed by atoms with Crippen LogP contribution in [0, 0.1) is 11.8 Å². The lowest BCUT2D eigenvalue weighted by Gasteiger charge is -2.42. The number of piperidine rings is 1. The van der Waals surface area contributed by atoms with Gasteiger partial charge in [-0.05, 0) is 70.2 Å². The highest BCUT2D eigenvalue weighted by atomic mass is 16.3. The minimum absolute atomic E-state index is 0.372. The van der Waals surface area contributed by atoms with Crippen LogP contribution in [-0.4, -0.2) is 24.0 Å². The first kappa shape index (κ1) is 14.2. The van der Waals surface area contributed by atoms with E-state index in [0.29, 0.717) is 23.9 Å². The Labute approximate surface area is 122 Å². The van der Waals surface area contributed by atoms with E-state index in [-0.39, 0.29) is 0 Å². The first-order chi connectivity index (χ1) is 9.61. The third-order valence-corrected chi connectivity index (χ3v) is 5.18. The van der Waals surface area contributed by atoms with Gasteiger partial charge >= 0.3 is 0 Å². The Kier molecular flexibility index (Phi) is 3.91. The molecule has 0 bridgehead atoms. The van der Waals surface area contributed by atoms with E-state index in [2.05, 4.69) is 37.8 Å². The highest BCUT2D eigenvalue weighted by molar-refractivity contribution is 5.20. The van der Waals surface area contributed by atoms with Gasteiger partial charge in [0.1, 0.15) is 11.5 Å². The highest BCUT2D eigenvalue weighted by Gasteiger charge is 2.39. The van der Waals surface area contributed by atoms with Gasteiger partial charge in [0, 0.05) is 12.0 Å². The van der Waals surface area contributed by atoms with Crippen molar-refractivity contribution in [3.05, 3.63) is 23.7 Å². The van der Waals surface area contributed by atoms with Gasteiger partial charge in [-0.1, -0.05) is 6.92 Å². The maximum atomic E-state index is 6.23. The lowest BCUT2D eigenvalue weighted by atomic mass is 9.86. The molecule has 2 fully saturated rings. The molecule has 2 heterocycles. The number of hydrogen-bond acceptors (Lipinski definition) is 3. The third kappa shape index (κ3) is 2.53. The van der Waals surface area contributed by atoms with Crippen molar-refractivity contribution in [1.82, 2.24) is 4.90 Å². The van der Waals surface area contributed by atoms with Crippen molar-refractivity contribution in [2.45, 2.75) is 58.0 Å². The van der Waals surface area contributed by atoms with Crippen LogP contribution in [0.3, 0.4) is 0 Å². The van der Waals surface area contributed by atoms with Crippen molar-refractivity contribution in [3.8, 4) is 0 Å². The molecular formula is C17H28N2O. The van der Waals surface area contributed by atoms with Gasteiger partial charge < -0.3 is 10.2 Å². The number of likely N-dealkylation sites (tertiary alicyclic amines) is 1. The van der Waals surface area contributed by atoms with Gasteiger partial charge in [-0.3, -0.25) is 4.90 Å². The van der Waals surface area contributed by atoms with Crippen LogP contribution in [0.25, 0.3) is 0 Å². The first-order valence-corrected chi connectivity index (χ1v) is 8.17. The van der Waals surface area contributed by atoms with E-state index in [4.69, 9.17) is 10.2 Å². The first-order valence-electron chi connectivity index (χ1n) is 8.17. The number of furan rings is 1. The van der Waals surface area contributed by atoms with E-state index >= 15 is 0 Å². The molecule has 0 aromatic carbocycles. The Balaban J connectivity index is 1.84. The van der Waals surface area contributed by atoms with Crippen LogP contribution < -0.4 is 5.73 Å². The SMILES string of the molecule is CC1CC1c1ccc(C2C(CN)CCCN2C(C)C)o1. The molecule has 1 aromatic rings. The van der Waals surface area contributed by atoms with Gasteiger partial charge in [0.15, 0.2) is 0 Å². The predicted octanol–water partition coefficient (Wildman–Crippen LogP) is 3.52. The van der Waals surface area contributed by atoms with Crippen molar-refractivity contribution < 1.29 is 4.42 Å². The van der Waals surface area contributed by atoms with Gasteiger partial charge in [0.2, 0.25) is 0 Å². The predicted molar refractivity (Wildman–Crippen MR) is 81.6 cm³/mol. The highest BCUT2D eigenvalue weighted by Crippen LogP contribution is 2.48. The summed E-state index contributed by atoms with van der Waals surface area (Å²) in [5.41, 5.74) is 6.03. The molecule has 1 saturated carbocycles. The molecule has 1 aromatic heterocycles. The van der Waals surface area contributed by atoms with Gasteiger partial charge in [-0.25, -0.2) is 0 Å². The summed E-state index contributed by atoms with van der Waals surface area (Å²) < 4.78 is 6.23. The molecule has 3 heteroatoms. The van der Waals surface area contributed by atoms with Crippen LogP contribution in [0.1, 0.15) is 63.5 Å². The Bertz CT molecular complexity index is 454. The van der Waals surface area contributed by atoms with Crippen molar-refractivity contribution in [2.75, 3.05) is 13.1 Å². The zero-order valence-corrected chi connectivity index (χ0v) is 13.0. The Morgan fingerprint density at radius 1 is 1.35 bits per heavy atom. The number of nitrogens with zero attached hydrogens (tertiary/aromatic N) is 1. The maximum Gasteiger partial charge on any atom is 0.121 e. The second-order valence-electron chi connectivity index (χ2n) is 6.97. The molecule has 0 spiro atoms. The molecule has 0 amide bonds. The van der Waals surface area contributed by atoms with E-state index in [1.54, 1.807) is 0 Å². The monoisotopic (exact) mass is 276 g/mol. The lowest BCUT2D eigenvalue weighted by molar-refractivity contribution is 0.0516. The molecule has 0 radical (unpaired) electrons. The summed E-state index contributed by atoms with van der Waals surface area (Å²) in [6, 6.07) is 5.32. The van der Waals surface area contributed by atoms with E-state index in [1.165, 1.54) is 25.0 Å². The second kappa shape index (κ2) is 5.53. The smallest absolute Gasteiger partial charge is 0.121 e. The van der Waals surface area contributed by atoms with Crippen molar-refractivity contribution in [1.29, 1.82) is 0 Å². The minimum atomic E-state index is 0.372. The summed E-state index contributed by atoms with van der Waals surface area (Å²) in [6.45, 7) is 8.77. The van der Waals surface area contributed by atoms with E-state index in [0.717, 1.165) is 24.8 Å². The average molecular weight is 276 g/mol. The summed E-state index contributed by atoms with van der Waals surface area (Å²) >= 11 is 0. The molecule has 3 nitrogen and oxygen atoms in total. The summed E-state index contributed by atoms with van der Waals surface area (Å²) in [4.78, 5) is 2.57. The molecule has 20 heavy (non-hydrogen) atoms. The fourth-order valence-electron chi connectivity index (χ4n) is 3.77. The molecule has 4 unspecified atom stereocenters. The van der Waals surface area contributed by atoms with Gasteiger partial charge in [-0.2, -0.15) is 0 Å². The molecule has 4 atom stereocenters. The van der Waals surface area contributed by atoms with Crippen LogP contribution >= 0.6 is 0 Å². The zero-order valence-electron chi connectivity index (χ0n) is 13.0. The van der Waals surface area contributed by atoms with Gasteiger partial charge in [0.05, 0.1) is 6.04 Å². The molecule has 3 rings (SSSR count). The zero-order chi connectivity index (χ0) is 14.3. The van der Waals surface area contributed by atoms with Crippen LogP contribution in [0.15, 0.2) is 16.5 Å². The fraction of sp³-hybridized carbons (Fsp3) is 0.765. The summed E-state index contributed by atoms with van der Waals surface area (Å²) in [5.74, 6) is 4.32. The fourth-order valence-corrected chi connectivity index (χ4v) is 3.77. The topological polar surface area (TPSA) is 42.4 Å². The molecular weight excluding hydrogens is 248 g/mol. The number of hydrogen-bond donors (Lipinski definition) is 1. The normalized spacial score (nSPS) is 34.6. The van der Waals surface area contributed by atoms with E-state index in [1.807, 2.05) is 0 Å². The molecule has 112 valence electrons. The standard InChI is InChI=1S/C17H28N2O/c1-11(2)19-8-4-5-13(10-18)17(19)16-7-6-15(20-16)14-9-12(14)3/h6-7,11-14,17H,4-5,8-10,18H2,1-3H3. The Hall–Kier alpha value is -0.800. The second-order valence-corrected chi connectivity index (χ2v) is 6.97. The lowest BCUT2D eigenvalue weighted by Crippen LogP contribution is -2.44. The number of nitrogens with two attached hydrogens (primary N) is 1. The Morgan fingerprint density at radius 2 is 2.05 bits per heavy atom. The van der Waals surface area contributed by atoms with Crippen LogP contribution in [0.5, 0.6) is 0 Å². The Morgan fingerprint density at radius 3 is 2.65 bits per heavy atom. The molecule has 1 saturated heterocycles. The number of rotatable bonds is 4. The van der Waals surface area contributed by atoms with Crippen molar-refractivity contribution in [3.63, 3.8) is 0 Å². The van der Waals surface area contributed by atoms with Crippen LogP contribution in [-0.2, 0) is 0 Å². The molecule has 2 aliphatic rings. The summed E-state index contributed by atoms with van der Waals surface area (Å²) in [6.07, 6.45) is 3.76. The van der Waals surface area contributed by atoms with Crippen molar-refractivity contribution >= 4 is 0 Å². The molecule has 2 N–H and O–H groups in total. The van der Waals surface area contributed by atoms with E-state index in [9.17, 15) is 0 Å². The van der Waals surface area contributed by atoms with Crippen LogP contribution in [0.4, 0.5) is 0 Å². The van der Waals surface area contributed by atoms with Crippen LogP contribution in [0.2, 0.25) is 0 Å². The summed E-state index contributed by atoms with van der Waals surface area (Å²) in [5, 5.41) is 0. The quantitative estimate of drug-likeness (QED) is 0.915. The minimum Gasteiger partial charge on any atom is -0.464 e. The van der Waals surface area contributed by atoms with Gasteiger partial charge in [0.25, 0.3) is 0 Å². The molecule has 1 aliphatic heterocycles. The van der Waals surface area contributed by atoms with E-state index < -0.39 is 0 Å². The van der Waals surface area contributed by atoms with Crippen molar-refractivity contribution in [2.24, 2.45) is 17.6 Å². The molecule has 1 aliphatic carbocycles. The maximum absolute atomic E-state index is 6.23. The largest absolute Gasteiger partial charge is 0.464 e. The summed E-state index contributed by atoms with van der Waals surface area (Å²) in [7, 11) is 0. The third-order valence-electron chi connectivity index (χ3n) is 5.18. The average Bonchev–Trinajstić information content (AvgIpc) is 2.99.